The number of carbonyl (C=O) groups excluding carboxylic acids is 1. The Balaban J connectivity index is 2.13. The Bertz CT molecular complexity index is 606. The summed E-state index contributed by atoms with van der Waals surface area (Å²) in [5, 5.41) is 6.83. The molecule has 0 aliphatic rings. The number of hydrogen-bond acceptors (Lipinski definition) is 3. The molecule has 1 heterocycles. The van der Waals surface area contributed by atoms with Crippen molar-refractivity contribution >= 4 is 11.6 Å². The normalized spacial score (nSPS) is 12.2. The molecule has 0 saturated heterocycles. The third kappa shape index (κ3) is 3.11. The van der Waals surface area contributed by atoms with Gasteiger partial charge in [-0.3, -0.25) is 9.48 Å². The fourth-order valence-corrected chi connectivity index (χ4v) is 1.93. The summed E-state index contributed by atoms with van der Waals surface area (Å²) in [6, 6.07) is 3.13. The number of nitrogens with zero attached hydrogens (tertiary/aromatic N) is 2. The van der Waals surface area contributed by atoms with E-state index >= 15 is 0 Å². The van der Waals surface area contributed by atoms with Gasteiger partial charge in [-0.2, -0.15) is 5.10 Å². The molecule has 1 aromatic heterocycles. The minimum absolute atomic E-state index is 0.0462. The van der Waals surface area contributed by atoms with Gasteiger partial charge in [-0.05, 0) is 19.1 Å². The molecule has 106 valence electrons. The second-order valence-corrected chi connectivity index (χ2v) is 4.39. The molecule has 1 unspecified atom stereocenters. The molecule has 0 spiro atoms. The van der Waals surface area contributed by atoms with Crippen molar-refractivity contribution in [3.63, 3.8) is 0 Å². The zero-order valence-corrected chi connectivity index (χ0v) is 10.8. The van der Waals surface area contributed by atoms with E-state index in [1.807, 2.05) is 0 Å². The highest BCUT2D eigenvalue weighted by Gasteiger charge is 2.16. The Kier molecular flexibility index (Phi) is 3.97. The van der Waals surface area contributed by atoms with Gasteiger partial charge in [0.1, 0.15) is 18.2 Å². The lowest BCUT2D eigenvalue weighted by atomic mass is 10.1. The van der Waals surface area contributed by atoms with Crippen LogP contribution >= 0.6 is 0 Å². The van der Waals surface area contributed by atoms with Crippen LogP contribution in [0.2, 0.25) is 0 Å². The third-order valence-corrected chi connectivity index (χ3v) is 2.77. The Hall–Kier alpha value is -2.44. The summed E-state index contributed by atoms with van der Waals surface area (Å²) >= 11 is 0. The summed E-state index contributed by atoms with van der Waals surface area (Å²) in [6.07, 6.45) is 3.00. The molecule has 3 N–H and O–H groups in total. The van der Waals surface area contributed by atoms with Crippen LogP contribution in [0.1, 0.15) is 18.5 Å². The molecule has 0 radical (unpaired) electrons. The summed E-state index contributed by atoms with van der Waals surface area (Å²) in [6.45, 7) is 1.58. The lowest BCUT2D eigenvalue weighted by Crippen LogP contribution is -2.18. The average Bonchev–Trinajstić information content (AvgIpc) is 2.75. The van der Waals surface area contributed by atoms with Crippen LogP contribution in [0.4, 0.5) is 14.5 Å². The average molecular weight is 280 g/mol. The van der Waals surface area contributed by atoms with Gasteiger partial charge in [-0.25, -0.2) is 8.78 Å². The monoisotopic (exact) mass is 280 g/mol. The maximum atomic E-state index is 13.6. The predicted octanol–water partition coefficient (Wildman–Crippen LogP) is 1.82. The van der Waals surface area contributed by atoms with E-state index in [4.69, 9.17) is 5.73 Å². The standard InChI is InChI=1S/C13H14F2N4O/c1-8(13-10(14)3-2-4-11(13)15)18-9-5-17-19(6-9)7-12(16)20/h2-6,8,18H,7H2,1H3,(H2,16,20). The van der Waals surface area contributed by atoms with Crippen LogP contribution in [-0.4, -0.2) is 15.7 Å². The van der Waals surface area contributed by atoms with Crippen molar-refractivity contribution in [3.05, 3.63) is 47.8 Å². The summed E-state index contributed by atoms with van der Waals surface area (Å²) in [5.74, 6) is -1.75. The van der Waals surface area contributed by atoms with Crippen LogP contribution < -0.4 is 11.1 Å². The number of amides is 1. The first-order chi connectivity index (χ1) is 9.47. The molecule has 7 heteroatoms. The van der Waals surface area contributed by atoms with Gasteiger partial charge in [0.05, 0.1) is 17.9 Å². The molecule has 0 fully saturated rings. The quantitative estimate of drug-likeness (QED) is 0.877. The van der Waals surface area contributed by atoms with Crippen LogP contribution in [0.5, 0.6) is 0 Å². The number of hydrogen-bond donors (Lipinski definition) is 2. The summed E-state index contributed by atoms with van der Waals surface area (Å²) in [7, 11) is 0. The summed E-state index contributed by atoms with van der Waals surface area (Å²) in [5.41, 5.74) is 5.54. The van der Waals surface area contributed by atoms with Crippen molar-refractivity contribution in [3.8, 4) is 0 Å². The van der Waals surface area contributed by atoms with Gasteiger partial charge in [0, 0.05) is 11.8 Å². The molecule has 2 aromatic rings. The van der Waals surface area contributed by atoms with E-state index in [0.717, 1.165) is 0 Å². The van der Waals surface area contributed by atoms with Gasteiger partial charge in [-0.1, -0.05) is 6.07 Å². The van der Waals surface area contributed by atoms with Crippen molar-refractivity contribution in [1.82, 2.24) is 9.78 Å². The molecule has 20 heavy (non-hydrogen) atoms. The number of carbonyl (C=O) groups is 1. The van der Waals surface area contributed by atoms with E-state index in [-0.39, 0.29) is 12.1 Å². The number of rotatable bonds is 5. The van der Waals surface area contributed by atoms with Gasteiger partial charge in [0.25, 0.3) is 0 Å². The molecular formula is C13H14F2N4O. The maximum Gasteiger partial charge on any atom is 0.239 e. The fraction of sp³-hybridized carbons (Fsp3) is 0.231. The highest BCUT2D eigenvalue weighted by molar-refractivity contribution is 5.73. The molecule has 2 rings (SSSR count). The fourth-order valence-electron chi connectivity index (χ4n) is 1.93. The highest BCUT2D eigenvalue weighted by atomic mass is 19.1. The SMILES string of the molecule is CC(Nc1cnn(CC(N)=O)c1)c1c(F)cccc1F. The summed E-state index contributed by atoms with van der Waals surface area (Å²) in [4.78, 5) is 10.8. The van der Waals surface area contributed by atoms with E-state index in [1.165, 1.54) is 29.1 Å². The minimum atomic E-state index is -0.616. The zero-order valence-electron chi connectivity index (χ0n) is 10.8. The first-order valence-electron chi connectivity index (χ1n) is 5.98. The van der Waals surface area contributed by atoms with Crippen LogP contribution in [0.15, 0.2) is 30.6 Å². The lowest BCUT2D eigenvalue weighted by molar-refractivity contribution is -0.118. The van der Waals surface area contributed by atoms with Crippen molar-refractivity contribution in [2.24, 2.45) is 5.73 Å². The van der Waals surface area contributed by atoms with E-state index in [0.29, 0.717) is 5.69 Å². The van der Waals surface area contributed by atoms with Crippen molar-refractivity contribution in [2.75, 3.05) is 5.32 Å². The molecule has 0 bridgehead atoms. The van der Waals surface area contributed by atoms with Crippen molar-refractivity contribution in [2.45, 2.75) is 19.5 Å². The molecule has 0 aliphatic heterocycles. The number of nitrogens with one attached hydrogen (secondary N) is 1. The lowest BCUT2D eigenvalue weighted by Gasteiger charge is -2.15. The van der Waals surface area contributed by atoms with Crippen LogP contribution in [0.3, 0.4) is 0 Å². The molecule has 0 saturated carbocycles. The highest BCUT2D eigenvalue weighted by Crippen LogP contribution is 2.23. The van der Waals surface area contributed by atoms with Crippen molar-refractivity contribution < 1.29 is 13.6 Å². The van der Waals surface area contributed by atoms with Gasteiger partial charge < -0.3 is 11.1 Å². The number of aromatic nitrogens is 2. The Morgan fingerprint density at radius 1 is 1.45 bits per heavy atom. The van der Waals surface area contributed by atoms with E-state index < -0.39 is 23.6 Å². The second kappa shape index (κ2) is 5.68. The van der Waals surface area contributed by atoms with Gasteiger partial charge in [0.15, 0.2) is 0 Å². The summed E-state index contributed by atoms with van der Waals surface area (Å²) < 4.78 is 28.6. The Labute approximate surface area is 114 Å². The Morgan fingerprint density at radius 2 is 2.10 bits per heavy atom. The van der Waals surface area contributed by atoms with Gasteiger partial charge in [0.2, 0.25) is 5.91 Å². The smallest absolute Gasteiger partial charge is 0.239 e. The maximum absolute atomic E-state index is 13.6. The number of halogens is 2. The van der Waals surface area contributed by atoms with E-state index in [1.54, 1.807) is 13.1 Å². The topological polar surface area (TPSA) is 72.9 Å². The van der Waals surface area contributed by atoms with Crippen LogP contribution in [0, 0.1) is 11.6 Å². The van der Waals surface area contributed by atoms with Crippen molar-refractivity contribution in [1.29, 1.82) is 0 Å². The zero-order chi connectivity index (χ0) is 14.7. The number of benzene rings is 1. The molecular weight excluding hydrogens is 266 g/mol. The molecule has 5 nitrogen and oxygen atoms in total. The first-order valence-corrected chi connectivity index (χ1v) is 5.98. The van der Waals surface area contributed by atoms with E-state index in [2.05, 4.69) is 10.4 Å². The number of anilines is 1. The molecule has 1 amide bonds. The van der Waals surface area contributed by atoms with E-state index in [9.17, 15) is 13.6 Å². The minimum Gasteiger partial charge on any atom is -0.376 e. The largest absolute Gasteiger partial charge is 0.376 e. The molecule has 1 aromatic carbocycles. The van der Waals surface area contributed by atoms with Gasteiger partial charge in [-0.15, -0.1) is 0 Å². The molecule has 0 aliphatic carbocycles. The van der Waals surface area contributed by atoms with Gasteiger partial charge >= 0.3 is 0 Å². The van der Waals surface area contributed by atoms with Crippen LogP contribution in [-0.2, 0) is 11.3 Å². The third-order valence-electron chi connectivity index (χ3n) is 2.77. The Morgan fingerprint density at radius 3 is 2.70 bits per heavy atom. The first kappa shape index (κ1) is 14.0. The number of nitrogens with two attached hydrogens (primary N) is 1. The second-order valence-electron chi connectivity index (χ2n) is 4.39. The predicted molar refractivity (Wildman–Crippen MR) is 69.8 cm³/mol. The number of primary amides is 1. The van der Waals surface area contributed by atoms with Crippen LogP contribution in [0.25, 0.3) is 0 Å². The molecule has 1 atom stereocenters.